The molecule has 4 nitrogen and oxygen atoms in total. The van der Waals surface area contributed by atoms with Crippen LogP contribution in [-0.2, 0) is 0 Å². The third kappa shape index (κ3) is 2.78. The van der Waals surface area contributed by atoms with Crippen molar-refractivity contribution in [2.45, 2.75) is 57.2 Å². The van der Waals surface area contributed by atoms with E-state index in [0.29, 0.717) is 0 Å². The summed E-state index contributed by atoms with van der Waals surface area (Å²) in [5.74, 6) is 2.73. The lowest BCUT2D eigenvalue weighted by Gasteiger charge is -2.50. The van der Waals surface area contributed by atoms with Crippen LogP contribution in [0.4, 0.5) is 0 Å². The topological polar surface area (TPSA) is 34.1 Å². The number of fused-ring (bicyclic) bond motifs is 4. The van der Waals surface area contributed by atoms with Crippen LogP contribution < -0.4 is 9.47 Å². The number of ether oxygens (including phenoxy) is 2. The molecule has 146 valence electrons. The summed E-state index contributed by atoms with van der Waals surface area (Å²) >= 11 is 0. The van der Waals surface area contributed by atoms with Crippen LogP contribution in [0, 0.1) is 5.92 Å². The van der Waals surface area contributed by atoms with Crippen molar-refractivity contribution in [3.63, 3.8) is 0 Å². The number of hydrazone groups is 1. The standard InChI is InChI=1S/C24H28N2O2/c1-3-17-11-13-24(14-12-17)26-22(20-9-4-5-10-23(20)28-24)16-21(25-26)18-7-6-8-19(15-18)27-2/h4-10,15,17,22H,3,11-14,16H2,1-2H3. The first-order chi connectivity index (χ1) is 13.7. The summed E-state index contributed by atoms with van der Waals surface area (Å²) in [5.41, 5.74) is 3.22. The van der Waals surface area contributed by atoms with Crippen LogP contribution in [0.25, 0.3) is 0 Å². The number of benzene rings is 2. The average Bonchev–Trinajstić information content (AvgIpc) is 3.21. The molecule has 1 atom stereocenters. The van der Waals surface area contributed by atoms with E-state index in [-0.39, 0.29) is 11.8 Å². The van der Waals surface area contributed by atoms with E-state index in [1.807, 2.05) is 12.1 Å². The van der Waals surface area contributed by atoms with Crippen molar-refractivity contribution in [1.29, 1.82) is 0 Å². The third-order valence-corrected chi connectivity index (χ3v) is 6.77. The largest absolute Gasteiger partial charge is 0.497 e. The minimum atomic E-state index is -0.300. The first-order valence-corrected chi connectivity index (χ1v) is 10.5. The van der Waals surface area contributed by atoms with Gasteiger partial charge in [-0.15, -0.1) is 0 Å². The Morgan fingerprint density at radius 1 is 1.14 bits per heavy atom. The molecule has 1 unspecified atom stereocenters. The molecule has 2 heterocycles. The van der Waals surface area contributed by atoms with Gasteiger partial charge < -0.3 is 9.47 Å². The van der Waals surface area contributed by atoms with Crippen molar-refractivity contribution >= 4 is 5.71 Å². The first kappa shape index (κ1) is 17.6. The van der Waals surface area contributed by atoms with Gasteiger partial charge in [-0.1, -0.05) is 43.7 Å². The number of hydrogen-bond acceptors (Lipinski definition) is 4. The number of para-hydroxylation sites is 1. The van der Waals surface area contributed by atoms with Crippen LogP contribution >= 0.6 is 0 Å². The molecule has 4 heteroatoms. The normalized spacial score (nSPS) is 28.4. The molecule has 3 aliphatic rings. The smallest absolute Gasteiger partial charge is 0.198 e. The molecule has 0 amide bonds. The van der Waals surface area contributed by atoms with Gasteiger partial charge in [-0.05, 0) is 37.0 Å². The van der Waals surface area contributed by atoms with Crippen molar-refractivity contribution in [1.82, 2.24) is 5.01 Å². The summed E-state index contributed by atoms with van der Waals surface area (Å²) in [7, 11) is 1.71. The monoisotopic (exact) mass is 376 g/mol. The van der Waals surface area contributed by atoms with Crippen LogP contribution in [0.2, 0.25) is 0 Å². The van der Waals surface area contributed by atoms with Crippen molar-refractivity contribution < 1.29 is 9.47 Å². The molecular formula is C24H28N2O2. The summed E-state index contributed by atoms with van der Waals surface area (Å²) < 4.78 is 12.1. The predicted octanol–water partition coefficient (Wildman–Crippen LogP) is 5.54. The van der Waals surface area contributed by atoms with E-state index in [9.17, 15) is 0 Å². The van der Waals surface area contributed by atoms with Gasteiger partial charge in [-0.2, -0.15) is 5.10 Å². The maximum atomic E-state index is 6.69. The quantitative estimate of drug-likeness (QED) is 0.706. The van der Waals surface area contributed by atoms with Gasteiger partial charge in [0.1, 0.15) is 11.5 Å². The number of methoxy groups -OCH3 is 1. The molecule has 2 aromatic carbocycles. The summed E-state index contributed by atoms with van der Waals surface area (Å²) in [6.45, 7) is 2.30. The molecule has 2 aliphatic heterocycles. The summed E-state index contributed by atoms with van der Waals surface area (Å²) in [6, 6.07) is 17.0. The molecule has 1 spiro atoms. The number of nitrogens with zero attached hydrogens (tertiary/aromatic N) is 2. The highest BCUT2D eigenvalue weighted by Gasteiger charge is 2.51. The lowest BCUT2D eigenvalue weighted by atomic mass is 9.80. The van der Waals surface area contributed by atoms with E-state index in [1.54, 1.807) is 7.11 Å². The molecule has 0 saturated heterocycles. The minimum absolute atomic E-state index is 0.254. The Balaban J connectivity index is 1.54. The van der Waals surface area contributed by atoms with E-state index in [0.717, 1.165) is 48.0 Å². The zero-order valence-electron chi connectivity index (χ0n) is 16.7. The number of rotatable bonds is 3. The molecule has 0 aromatic heterocycles. The molecule has 0 bridgehead atoms. The second-order valence-corrected chi connectivity index (χ2v) is 8.28. The predicted molar refractivity (Wildman–Crippen MR) is 111 cm³/mol. The maximum Gasteiger partial charge on any atom is 0.198 e. The van der Waals surface area contributed by atoms with Gasteiger partial charge in [0, 0.05) is 30.4 Å². The third-order valence-electron chi connectivity index (χ3n) is 6.77. The molecule has 0 N–H and O–H groups in total. The molecule has 1 saturated carbocycles. The number of hydrogen-bond donors (Lipinski definition) is 0. The molecule has 1 aliphatic carbocycles. The van der Waals surface area contributed by atoms with Crippen molar-refractivity contribution in [3.05, 3.63) is 59.7 Å². The minimum Gasteiger partial charge on any atom is -0.497 e. The lowest BCUT2D eigenvalue weighted by Crippen LogP contribution is -2.55. The molecule has 28 heavy (non-hydrogen) atoms. The zero-order valence-corrected chi connectivity index (χ0v) is 16.7. The van der Waals surface area contributed by atoms with E-state index in [1.165, 1.54) is 24.8 Å². The van der Waals surface area contributed by atoms with Gasteiger partial charge >= 0.3 is 0 Å². The van der Waals surface area contributed by atoms with Gasteiger partial charge in [-0.3, -0.25) is 0 Å². The van der Waals surface area contributed by atoms with E-state index < -0.39 is 0 Å². The zero-order chi connectivity index (χ0) is 19.1. The van der Waals surface area contributed by atoms with Gasteiger partial charge in [0.25, 0.3) is 0 Å². The first-order valence-electron chi connectivity index (χ1n) is 10.5. The van der Waals surface area contributed by atoms with Crippen molar-refractivity contribution in [2.24, 2.45) is 11.0 Å². The highest BCUT2D eigenvalue weighted by molar-refractivity contribution is 6.02. The Morgan fingerprint density at radius 3 is 2.75 bits per heavy atom. The second kappa shape index (κ2) is 6.84. The Bertz CT molecular complexity index is 899. The lowest BCUT2D eigenvalue weighted by molar-refractivity contribution is -0.146. The van der Waals surface area contributed by atoms with Crippen LogP contribution in [-0.4, -0.2) is 23.6 Å². The molecular weight excluding hydrogens is 348 g/mol. The van der Waals surface area contributed by atoms with Crippen LogP contribution in [0.5, 0.6) is 11.5 Å². The fourth-order valence-corrected chi connectivity index (χ4v) is 5.07. The Morgan fingerprint density at radius 2 is 1.96 bits per heavy atom. The van der Waals surface area contributed by atoms with Crippen molar-refractivity contribution in [2.75, 3.05) is 7.11 Å². The van der Waals surface area contributed by atoms with Gasteiger partial charge in [0.15, 0.2) is 5.72 Å². The Hall–Kier alpha value is -2.49. The highest BCUT2D eigenvalue weighted by atomic mass is 16.5. The van der Waals surface area contributed by atoms with E-state index >= 15 is 0 Å². The van der Waals surface area contributed by atoms with E-state index in [4.69, 9.17) is 14.6 Å². The molecule has 0 radical (unpaired) electrons. The van der Waals surface area contributed by atoms with Crippen LogP contribution in [0.15, 0.2) is 53.6 Å². The Kier molecular flexibility index (Phi) is 4.30. The van der Waals surface area contributed by atoms with Gasteiger partial charge in [0.05, 0.1) is 18.9 Å². The summed E-state index contributed by atoms with van der Waals surface area (Å²) in [6.07, 6.45) is 6.69. The average molecular weight is 377 g/mol. The fraction of sp³-hybridized carbons (Fsp3) is 0.458. The summed E-state index contributed by atoms with van der Waals surface area (Å²) in [4.78, 5) is 0. The van der Waals surface area contributed by atoms with Crippen LogP contribution in [0.3, 0.4) is 0 Å². The highest BCUT2D eigenvalue weighted by Crippen LogP contribution is 2.52. The van der Waals surface area contributed by atoms with Crippen LogP contribution in [0.1, 0.15) is 62.6 Å². The van der Waals surface area contributed by atoms with E-state index in [2.05, 4.69) is 48.3 Å². The van der Waals surface area contributed by atoms with Gasteiger partial charge in [-0.25, -0.2) is 5.01 Å². The van der Waals surface area contributed by atoms with Crippen molar-refractivity contribution in [3.8, 4) is 11.5 Å². The Labute approximate surface area is 167 Å². The fourth-order valence-electron chi connectivity index (χ4n) is 5.07. The summed E-state index contributed by atoms with van der Waals surface area (Å²) in [5, 5.41) is 7.45. The molecule has 5 rings (SSSR count). The molecule has 1 fully saturated rings. The maximum absolute atomic E-state index is 6.69. The van der Waals surface area contributed by atoms with Gasteiger partial charge in [0.2, 0.25) is 0 Å². The SMILES string of the molecule is CCC1CCC2(CC1)Oc1ccccc1C1CC(c3cccc(OC)c3)=NN12. The second-order valence-electron chi connectivity index (χ2n) is 8.28. The molecule has 2 aromatic rings.